The van der Waals surface area contributed by atoms with Gasteiger partial charge in [-0.1, -0.05) is 6.92 Å². The fourth-order valence-corrected chi connectivity index (χ4v) is 0.709. The first kappa shape index (κ1) is 8.11. The van der Waals surface area contributed by atoms with Gasteiger partial charge in [-0.3, -0.25) is 0 Å². The lowest BCUT2D eigenvalue weighted by Crippen LogP contribution is -2.05. The first-order chi connectivity index (χ1) is 5.22. The molecule has 3 nitrogen and oxygen atoms in total. The van der Waals surface area contributed by atoms with Crippen molar-refractivity contribution in [2.24, 2.45) is 0 Å². The Morgan fingerprint density at radius 3 is 2.82 bits per heavy atom. The van der Waals surface area contributed by atoms with Gasteiger partial charge in [-0.05, 0) is 13.8 Å². The summed E-state index contributed by atoms with van der Waals surface area (Å²) in [5, 5.41) is 0. The number of hydrogen-bond donors (Lipinski definition) is 0. The van der Waals surface area contributed by atoms with Crippen LogP contribution in [0.1, 0.15) is 26.5 Å². The molecule has 3 heteroatoms. The second kappa shape index (κ2) is 3.42. The fourth-order valence-electron chi connectivity index (χ4n) is 0.709. The number of aryl methyl sites for hydroxylation is 1. The molecule has 1 rings (SSSR count). The quantitative estimate of drug-likeness (QED) is 0.669. The molecule has 0 unspecified atom stereocenters. The Morgan fingerprint density at radius 2 is 2.36 bits per heavy atom. The minimum atomic E-state index is 0.123. The molecule has 0 aliphatic heterocycles. The van der Waals surface area contributed by atoms with Gasteiger partial charge in [0, 0.05) is 6.42 Å². The molecule has 0 saturated carbocycles. The smallest absolute Gasteiger partial charge is 0.393 e. The number of ether oxygens (including phenoxy) is 1. The third-order valence-electron chi connectivity index (χ3n) is 1.22. The van der Waals surface area contributed by atoms with E-state index >= 15 is 0 Å². The van der Waals surface area contributed by atoms with Crippen molar-refractivity contribution in [2.75, 3.05) is 0 Å². The van der Waals surface area contributed by atoms with Crippen molar-refractivity contribution >= 4 is 0 Å². The lowest BCUT2D eigenvalue weighted by atomic mass is 10.4. The van der Waals surface area contributed by atoms with Crippen molar-refractivity contribution in [1.29, 1.82) is 0 Å². The monoisotopic (exact) mass is 155 g/mol. The first-order valence-corrected chi connectivity index (χ1v) is 3.83. The average molecular weight is 155 g/mol. The summed E-state index contributed by atoms with van der Waals surface area (Å²) in [7, 11) is 0. The van der Waals surface area contributed by atoms with Gasteiger partial charge in [0.2, 0.25) is 0 Å². The maximum Gasteiger partial charge on any atom is 0.393 e. The van der Waals surface area contributed by atoms with Crippen molar-refractivity contribution in [1.82, 2.24) is 4.98 Å². The molecular weight excluding hydrogens is 142 g/mol. The van der Waals surface area contributed by atoms with Gasteiger partial charge in [-0.15, -0.1) is 0 Å². The maximum atomic E-state index is 5.22. The summed E-state index contributed by atoms with van der Waals surface area (Å²) >= 11 is 0. The Hall–Kier alpha value is -0.990. The Bertz CT molecular complexity index is 218. The molecular formula is C8H13NO2. The molecule has 0 bridgehead atoms. The van der Waals surface area contributed by atoms with Crippen LogP contribution in [0, 0.1) is 0 Å². The highest BCUT2D eigenvalue weighted by Crippen LogP contribution is 2.12. The number of hydrogen-bond acceptors (Lipinski definition) is 3. The third-order valence-corrected chi connectivity index (χ3v) is 1.22. The van der Waals surface area contributed by atoms with Gasteiger partial charge >= 0.3 is 6.08 Å². The van der Waals surface area contributed by atoms with Gasteiger partial charge in [0.25, 0.3) is 0 Å². The van der Waals surface area contributed by atoms with Crippen molar-refractivity contribution < 1.29 is 9.15 Å². The van der Waals surface area contributed by atoms with Gasteiger partial charge in [-0.25, -0.2) is 0 Å². The van der Waals surface area contributed by atoms with Crippen LogP contribution in [0.25, 0.3) is 0 Å². The van der Waals surface area contributed by atoms with Crippen LogP contribution in [0.5, 0.6) is 6.08 Å². The van der Waals surface area contributed by atoms with Gasteiger partial charge in [0.15, 0.2) is 0 Å². The molecule has 62 valence electrons. The van der Waals surface area contributed by atoms with Crippen molar-refractivity contribution in [3.8, 4) is 6.08 Å². The molecule has 0 aliphatic rings. The summed E-state index contributed by atoms with van der Waals surface area (Å²) in [6.45, 7) is 5.89. The fraction of sp³-hybridized carbons (Fsp3) is 0.625. The molecule has 11 heavy (non-hydrogen) atoms. The van der Waals surface area contributed by atoms with E-state index in [0.29, 0.717) is 6.08 Å². The predicted molar refractivity (Wildman–Crippen MR) is 41.6 cm³/mol. The minimum absolute atomic E-state index is 0.123. The summed E-state index contributed by atoms with van der Waals surface area (Å²) in [5.41, 5.74) is 0. The van der Waals surface area contributed by atoms with E-state index in [0.717, 1.165) is 12.2 Å². The normalized spacial score (nSPS) is 10.5. The number of aromatic nitrogens is 1. The summed E-state index contributed by atoms with van der Waals surface area (Å²) in [4.78, 5) is 3.94. The lowest BCUT2D eigenvalue weighted by Gasteiger charge is -2.02. The van der Waals surface area contributed by atoms with E-state index in [1.165, 1.54) is 0 Å². The highest BCUT2D eigenvalue weighted by molar-refractivity contribution is 4.96. The minimum Gasteiger partial charge on any atom is -0.447 e. The zero-order chi connectivity index (χ0) is 8.27. The van der Waals surface area contributed by atoms with Gasteiger partial charge in [0.05, 0.1) is 12.3 Å². The molecule has 1 heterocycles. The second-order valence-corrected chi connectivity index (χ2v) is 2.61. The molecule has 0 aromatic carbocycles. The highest BCUT2D eigenvalue weighted by atomic mass is 16.6. The lowest BCUT2D eigenvalue weighted by molar-refractivity contribution is 0.172. The summed E-state index contributed by atoms with van der Waals surface area (Å²) in [6.07, 6.45) is 3.04. The van der Waals surface area contributed by atoms with Crippen LogP contribution in [0.2, 0.25) is 0 Å². The summed E-state index contributed by atoms with van der Waals surface area (Å²) in [6, 6.07) is 0. The molecule has 1 aromatic rings. The molecule has 0 atom stereocenters. The van der Waals surface area contributed by atoms with Crippen LogP contribution in [-0.2, 0) is 6.42 Å². The standard InChI is InChI=1S/C8H13NO2/c1-4-7-5-9-8(11-7)10-6(2)3/h5-6H,4H2,1-3H3. The van der Waals surface area contributed by atoms with Crippen LogP contribution in [0.4, 0.5) is 0 Å². The second-order valence-electron chi connectivity index (χ2n) is 2.61. The Morgan fingerprint density at radius 1 is 1.64 bits per heavy atom. The van der Waals surface area contributed by atoms with Crippen LogP contribution in [0.15, 0.2) is 10.6 Å². The zero-order valence-corrected chi connectivity index (χ0v) is 7.13. The first-order valence-electron chi connectivity index (χ1n) is 3.83. The van der Waals surface area contributed by atoms with Crippen LogP contribution in [0.3, 0.4) is 0 Å². The zero-order valence-electron chi connectivity index (χ0n) is 7.13. The Kier molecular flexibility index (Phi) is 2.52. The SMILES string of the molecule is CCc1cnc(OC(C)C)o1. The molecule has 0 amide bonds. The predicted octanol–water partition coefficient (Wildman–Crippen LogP) is 2.02. The van der Waals surface area contributed by atoms with E-state index in [1.807, 2.05) is 20.8 Å². The Balaban J connectivity index is 2.58. The largest absolute Gasteiger partial charge is 0.447 e. The van der Waals surface area contributed by atoms with Gasteiger partial charge in [-0.2, -0.15) is 4.98 Å². The molecule has 0 aliphatic carbocycles. The van der Waals surface area contributed by atoms with Gasteiger partial charge in [0.1, 0.15) is 5.76 Å². The Labute approximate surface area is 66.4 Å². The van der Waals surface area contributed by atoms with E-state index in [9.17, 15) is 0 Å². The molecule has 1 aromatic heterocycles. The average Bonchev–Trinajstić information content (AvgIpc) is 2.34. The van der Waals surface area contributed by atoms with E-state index in [-0.39, 0.29) is 6.10 Å². The number of nitrogens with zero attached hydrogens (tertiary/aromatic N) is 1. The van der Waals surface area contributed by atoms with Gasteiger partial charge < -0.3 is 9.15 Å². The van der Waals surface area contributed by atoms with E-state index in [2.05, 4.69) is 4.98 Å². The van der Waals surface area contributed by atoms with Crippen LogP contribution in [-0.4, -0.2) is 11.1 Å². The molecule has 0 radical (unpaired) electrons. The van der Waals surface area contributed by atoms with E-state index in [4.69, 9.17) is 9.15 Å². The molecule has 0 N–H and O–H groups in total. The molecule has 0 fully saturated rings. The van der Waals surface area contributed by atoms with Crippen molar-refractivity contribution in [3.63, 3.8) is 0 Å². The van der Waals surface area contributed by atoms with Crippen molar-refractivity contribution in [2.45, 2.75) is 33.3 Å². The number of oxazole rings is 1. The third kappa shape index (κ3) is 2.26. The molecule has 0 saturated heterocycles. The summed E-state index contributed by atoms with van der Waals surface area (Å²) in [5.74, 6) is 0.862. The van der Waals surface area contributed by atoms with Crippen LogP contribution >= 0.6 is 0 Å². The topological polar surface area (TPSA) is 35.3 Å². The number of rotatable bonds is 3. The van der Waals surface area contributed by atoms with E-state index in [1.54, 1.807) is 6.20 Å². The highest BCUT2D eigenvalue weighted by Gasteiger charge is 2.04. The maximum absolute atomic E-state index is 5.22. The van der Waals surface area contributed by atoms with E-state index < -0.39 is 0 Å². The molecule has 0 spiro atoms. The van der Waals surface area contributed by atoms with Crippen molar-refractivity contribution in [3.05, 3.63) is 12.0 Å². The summed E-state index contributed by atoms with van der Waals surface area (Å²) < 4.78 is 10.4. The van der Waals surface area contributed by atoms with Crippen LogP contribution < -0.4 is 4.74 Å².